The van der Waals surface area contributed by atoms with Gasteiger partial charge in [-0.3, -0.25) is 4.90 Å². The van der Waals surface area contributed by atoms with Crippen molar-refractivity contribution >= 4 is 0 Å². The molecule has 0 saturated heterocycles. The third-order valence-corrected chi connectivity index (χ3v) is 4.81. The summed E-state index contributed by atoms with van der Waals surface area (Å²) in [6.07, 6.45) is 9.38. The lowest BCUT2D eigenvalue weighted by molar-refractivity contribution is 0.0679. The molecule has 0 heterocycles. The van der Waals surface area contributed by atoms with Gasteiger partial charge in [-0.25, -0.2) is 0 Å². The Morgan fingerprint density at radius 2 is 1.71 bits per heavy atom. The van der Waals surface area contributed by atoms with Gasteiger partial charge in [0.2, 0.25) is 0 Å². The zero-order valence-electron chi connectivity index (χ0n) is 12.2. The molecule has 2 heteroatoms. The van der Waals surface area contributed by atoms with Crippen molar-refractivity contribution in [2.45, 2.75) is 71.3 Å². The van der Waals surface area contributed by atoms with Gasteiger partial charge >= 0.3 is 0 Å². The first-order valence-corrected chi connectivity index (χ1v) is 7.67. The molecule has 102 valence electrons. The summed E-state index contributed by atoms with van der Waals surface area (Å²) in [4.78, 5) is 2.71. The monoisotopic (exact) mass is 240 g/mol. The minimum Gasteiger partial charge on any atom is -0.329 e. The highest BCUT2D eigenvalue weighted by Crippen LogP contribution is 2.30. The molecule has 0 bridgehead atoms. The van der Waals surface area contributed by atoms with Crippen molar-refractivity contribution in [1.29, 1.82) is 0 Å². The molecule has 0 aromatic heterocycles. The molecule has 0 aliphatic heterocycles. The average molecular weight is 240 g/mol. The van der Waals surface area contributed by atoms with E-state index in [1.54, 1.807) is 0 Å². The Morgan fingerprint density at radius 1 is 1.12 bits per heavy atom. The molecule has 0 radical (unpaired) electrons. The van der Waals surface area contributed by atoms with Crippen molar-refractivity contribution in [3.63, 3.8) is 0 Å². The lowest BCUT2D eigenvalue weighted by Gasteiger charge is -2.44. The highest BCUT2D eigenvalue weighted by Gasteiger charge is 2.33. The fourth-order valence-corrected chi connectivity index (χ4v) is 3.41. The van der Waals surface area contributed by atoms with E-state index in [0.717, 1.165) is 12.5 Å². The molecule has 1 saturated carbocycles. The predicted octanol–water partition coefficient (Wildman–Crippen LogP) is 3.41. The first kappa shape index (κ1) is 15.0. The highest BCUT2D eigenvalue weighted by atomic mass is 15.2. The van der Waals surface area contributed by atoms with Crippen LogP contribution in [0.4, 0.5) is 0 Å². The summed E-state index contributed by atoms with van der Waals surface area (Å²) in [5, 5.41) is 0. The van der Waals surface area contributed by atoms with E-state index >= 15 is 0 Å². The van der Waals surface area contributed by atoms with E-state index in [1.165, 1.54) is 58.0 Å². The molecular formula is C15H32N2. The van der Waals surface area contributed by atoms with Crippen molar-refractivity contribution in [3.8, 4) is 0 Å². The second-order valence-electron chi connectivity index (χ2n) is 5.73. The molecule has 17 heavy (non-hydrogen) atoms. The summed E-state index contributed by atoms with van der Waals surface area (Å²) >= 11 is 0. The lowest BCUT2D eigenvalue weighted by Crippen LogP contribution is -2.54. The van der Waals surface area contributed by atoms with Gasteiger partial charge in [0.05, 0.1) is 0 Å². The Labute approximate surface area is 108 Å². The van der Waals surface area contributed by atoms with Gasteiger partial charge in [-0.1, -0.05) is 33.6 Å². The van der Waals surface area contributed by atoms with Crippen LogP contribution in [-0.4, -0.2) is 30.1 Å². The molecule has 1 fully saturated rings. The van der Waals surface area contributed by atoms with E-state index in [0.29, 0.717) is 0 Å². The minimum atomic E-state index is 0.263. The van der Waals surface area contributed by atoms with Crippen LogP contribution in [0, 0.1) is 5.92 Å². The van der Waals surface area contributed by atoms with Gasteiger partial charge in [-0.15, -0.1) is 0 Å². The first-order chi connectivity index (χ1) is 8.22. The Bertz CT molecular complexity index is 185. The van der Waals surface area contributed by atoms with Crippen molar-refractivity contribution in [2.24, 2.45) is 11.7 Å². The summed E-state index contributed by atoms with van der Waals surface area (Å²) in [7, 11) is 0. The van der Waals surface area contributed by atoms with Crippen molar-refractivity contribution in [1.82, 2.24) is 4.90 Å². The van der Waals surface area contributed by atoms with Crippen LogP contribution in [0.15, 0.2) is 0 Å². The lowest BCUT2D eigenvalue weighted by atomic mass is 9.89. The quantitative estimate of drug-likeness (QED) is 0.704. The number of nitrogens with zero attached hydrogens (tertiary/aromatic N) is 1. The van der Waals surface area contributed by atoms with Gasteiger partial charge in [0.25, 0.3) is 0 Å². The molecule has 1 aliphatic carbocycles. The maximum absolute atomic E-state index is 6.09. The van der Waals surface area contributed by atoms with E-state index in [1.807, 2.05) is 0 Å². The Kier molecular flexibility index (Phi) is 6.50. The van der Waals surface area contributed by atoms with Crippen LogP contribution < -0.4 is 5.73 Å². The first-order valence-electron chi connectivity index (χ1n) is 7.67. The fourth-order valence-electron chi connectivity index (χ4n) is 3.41. The number of rotatable bonds is 8. The van der Waals surface area contributed by atoms with Crippen LogP contribution >= 0.6 is 0 Å². The van der Waals surface area contributed by atoms with E-state index in [9.17, 15) is 0 Å². The molecule has 0 spiro atoms. The van der Waals surface area contributed by atoms with Gasteiger partial charge < -0.3 is 5.73 Å². The van der Waals surface area contributed by atoms with E-state index in [-0.39, 0.29) is 5.54 Å². The SMILES string of the molecule is CCCN(CC1CCCC1)C(CC)(CC)CN. The summed E-state index contributed by atoms with van der Waals surface area (Å²) in [6.45, 7) is 10.2. The van der Waals surface area contributed by atoms with E-state index in [4.69, 9.17) is 5.73 Å². The largest absolute Gasteiger partial charge is 0.329 e. The smallest absolute Gasteiger partial charge is 0.0326 e. The van der Waals surface area contributed by atoms with Gasteiger partial charge in [-0.05, 0) is 44.6 Å². The normalized spacial score (nSPS) is 18.2. The second-order valence-corrected chi connectivity index (χ2v) is 5.73. The van der Waals surface area contributed by atoms with Crippen LogP contribution in [0.5, 0.6) is 0 Å². The molecule has 0 aromatic rings. The topological polar surface area (TPSA) is 29.3 Å². The third kappa shape index (κ3) is 3.69. The second kappa shape index (κ2) is 7.38. The van der Waals surface area contributed by atoms with Crippen LogP contribution in [0.25, 0.3) is 0 Å². The maximum Gasteiger partial charge on any atom is 0.0326 e. The molecule has 0 aromatic carbocycles. The Hall–Kier alpha value is -0.0800. The van der Waals surface area contributed by atoms with Gasteiger partial charge in [-0.2, -0.15) is 0 Å². The average Bonchev–Trinajstić information content (AvgIpc) is 2.85. The molecule has 2 nitrogen and oxygen atoms in total. The molecule has 0 atom stereocenters. The Balaban J connectivity index is 2.66. The summed E-state index contributed by atoms with van der Waals surface area (Å²) < 4.78 is 0. The van der Waals surface area contributed by atoms with Crippen LogP contribution in [0.1, 0.15) is 65.7 Å². The van der Waals surface area contributed by atoms with E-state index in [2.05, 4.69) is 25.7 Å². The third-order valence-electron chi connectivity index (χ3n) is 4.81. The van der Waals surface area contributed by atoms with Gasteiger partial charge in [0.15, 0.2) is 0 Å². The number of nitrogens with two attached hydrogens (primary N) is 1. The zero-order chi connectivity index (χ0) is 12.7. The number of hydrogen-bond acceptors (Lipinski definition) is 2. The van der Waals surface area contributed by atoms with Crippen LogP contribution in [-0.2, 0) is 0 Å². The Morgan fingerprint density at radius 3 is 2.12 bits per heavy atom. The molecule has 0 amide bonds. The molecule has 1 aliphatic rings. The van der Waals surface area contributed by atoms with Crippen molar-refractivity contribution < 1.29 is 0 Å². The van der Waals surface area contributed by atoms with Crippen molar-refractivity contribution in [2.75, 3.05) is 19.6 Å². The molecule has 1 rings (SSSR count). The maximum atomic E-state index is 6.09. The molecular weight excluding hydrogens is 208 g/mol. The van der Waals surface area contributed by atoms with Crippen molar-refractivity contribution in [3.05, 3.63) is 0 Å². The van der Waals surface area contributed by atoms with Gasteiger partial charge in [0.1, 0.15) is 0 Å². The minimum absolute atomic E-state index is 0.263. The standard InChI is InChI=1S/C15H32N2/c1-4-11-17(12-14-9-7-8-10-14)15(5-2,6-3)13-16/h14H,4-13,16H2,1-3H3. The van der Waals surface area contributed by atoms with Crippen LogP contribution in [0.2, 0.25) is 0 Å². The number of hydrogen-bond donors (Lipinski definition) is 1. The fraction of sp³-hybridized carbons (Fsp3) is 1.00. The summed E-state index contributed by atoms with van der Waals surface area (Å²) in [5.74, 6) is 0.936. The molecule has 2 N–H and O–H groups in total. The van der Waals surface area contributed by atoms with Gasteiger partial charge in [0, 0.05) is 18.6 Å². The molecule has 0 unspecified atom stereocenters. The summed E-state index contributed by atoms with van der Waals surface area (Å²) in [5.41, 5.74) is 6.36. The predicted molar refractivity (Wildman–Crippen MR) is 76.2 cm³/mol. The summed E-state index contributed by atoms with van der Waals surface area (Å²) in [6, 6.07) is 0. The zero-order valence-corrected chi connectivity index (χ0v) is 12.2. The van der Waals surface area contributed by atoms with E-state index < -0.39 is 0 Å². The van der Waals surface area contributed by atoms with Crippen LogP contribution in [0.3, 0.4) is 0 Å². The highest BCUT2D eigenvalue weighted by molar-refractivity contribution is 4.90.